The third-order valence-electron chi connectivity index (χ3n) is 5.51. The molecule has 4 aromatic rings. The van der Waals surface area contributed by atoms with E-state index in [0.29, 0.717) is 11.4 Å². The van der Waals surface area contributed by atoms with Crippen molar-refractivity contribution in [1.82, 2.24) is 0 Å². The van der Waals surface area contributed by atoms with E-state index in [9.17, 15) is 23.1 Å². The van der Waals surface area contributed by atoms with Crippen LogP contribution in [0.5, 0.6) is 11.5 Å². The average molecular weight is 534 g/mol. The summed E-state index contributed by atoms with van der Waals surface area (Å²) in [6, 6.07) is 19.3. The number of nitrogens with two attached hydrogens (primary N) is 3. The van der Waals surface area contributed by atoms with Crippen molar-refractivity contribution in [2.75, 3.05) is 22.1 Å². The highest BCUT2D eigenvalue weighted by Crippen LogP contribution is 2.33. The van der Waals surface area contributed by atoms with Gasteiger partial charge in [0.2, 0.25) is 9.84 Å². The molecule has 9 N–H and O–H groups in total. The molecule has 0 aliphatic carbocycles. The molecule has 0 aromatic heterocycles. The quantitative estimate of drug-likeness (QED) is 0.117. The number of benzene rings is 4. The van der Waals surface area contributed by atoms with E-state index in [2.05, 4.69) is 10.6 Å². The van der Waals surface area contributed by atoms with Crippen LogP contribution in [0.25, 0.3) is 0 Å². The number of nitrogens with one attached hydrogen (secondary N) is 2. The lowest BCUT2D eigenvalue weighted by Gasteiger charge is -2.13. The van der Waals surface area contributed by atoms with E-state index in [1.165, 1.54) is 60.7 Å². The maximum absolute atomic E-state index is 13.4. The van der Waals surface area contributed by atoms with Crippen LogP contribution in [0.4, 0.5) is 22.7 Å². The van der Waals surface area contributed by atoms with Crippen LogP contribution in [0.2, 0.25) is 0 Å². The molecule has 0 radical (unpaired) electrons. The van der Waals surface area contributed by atoms with Gasteiger partial charge < -0.3 is 32.0 Å². The largest absolute Gasteiger partial charge is 0.506 e. The molecule has 0 unspecified atom stereocenters. The third-order valence-corrected chi connectivity index (χ3v) is 7.26. The second-order valence-electron chi connectivity index (χ2n) is 8.11. The highest BCUT2D eigenvalue weighted by atomic mass is 32.2. The number of hydrogen-bond donors (Lipinski definition) is 6. The van der Waals surface area contributed by atoms with E-state index < -0.39 is 21.7 Å². The molecule has 4 aromatic carbocycles. The fourth-order valence-electron chi connectivity index (χ4n) is 3.45. The van der Waals surface area contributed by atoms with E-state index in [4.69, 9.17) is 22.2 Å². The number of amides is 2. The van der Waals surface area contributed by atoms with Gasteiger partial charge in [-0.25, -0.2) is 8.42 Å². The van der Waals surface area contributed by atoms with Gasteiger partial charge in [-0.2, -0.15) is 5.90 Å². The minimum atomic E-state index is -4.18. The normalized spacial score (nSPS) is 11.0. The number of sulfone groups is 1. The van der Waals surface area contributed by atoms with Gasteiger partial charge in [-0.15, -0.1) is 0 Å². The SMILES string of the molecule is NOc1ccc(S(=O)(=O)c2ccc(O)c(NC(=O)c3ccc(N)cc3)c2)cc1NC(=O)c1ccc(N)cc1. The molecule has 11 nitrogen and oxygen atoms in total. The van der Waals surface area contributed by atoms with Crippen LogP contribution in [-0.4, -0.2) is 25.3 Å². The molecule has 0 heterocycles. The van der Waals surface area contributed by atoms with E-state index in [1.807, 2.05) is 0 Å². The van der Waals surface area contributed by atoms with E-state index in [-0.39, 0.29) is 43.8 Å². The molecule has 12 heteroatoms. The average Bonchev–Trinajstić information content (AvgIpc) is 2.90. The van der Waals surface area contributed by atoms with Gasteiger partial charge in [0, 0.05) is 22.5 Å². The number of carbonyl (C=O) groups excluding carboxylic acids is 2. The van der Waals surface area contributed by atoms with Crippen LogP contribution in [0.1, 0.15) is 20.7 Å². The number of nitrogen functional groups attached to an aromatic ring is 2. The molecule has 38 heavy (non-hydrogen) atoms. The number of phenols is 1. The first-order chi connectivity index (χ1) is 18.1. The first-order valence-corrected chi connectivity index (χ1v) is 12.5. The maximum atomic E-state index is 13.4. The molecule has 194 valence electrons. The molecule has 0 saturated carbocycles. The van der Waals surface area contributed by atoms with Crippen molar-refractivity contribution in [3.05, 3.63) is 96.1 Å². The Hall–Kier alpha value is -5.07. The summed E-state index contributed by atoms with van der Waals surface area (Å²) in [6.07, 6.45) is 0. The summed E-state index contributed by atoms with van der Waals surface area (Å²) in [7, 11) is -4.18. The van der Waals surface area contributed by atoms with E-state index >= 15 is 0 Å². The molecule has 0 atom stereocenters. The highest BCUT2D eigenvalue weighted by molar-refractivity contribution is 7.91. The summed E-state index contributed by atoms with van der Waals surface area (Å²) in [6.45, 7) is 0. The second kappa shape index (κ2) is 10.5. The Balaban J connectivity index is 1.64. The van der Waals surface area contributed by atoms with Crippen molar-refractivity contribution >= 4 is 44.4 Å². The molecule has 0 aliphatic heterocycles. The smallest absolute Gasteiger partial charge is 0.255 e. The minimum Gasteiger partial charge on any atom is -0.506 e. The van der Waals surface area contributed by atoms with Crippen molar-refractivity contribution < 1.29 is 28.0 Å². The fraction of sp³-hybridized carbons (Fsp3) is 0. The standard InChI is InChI=1S/C26H23N5O6S/c27-17-5-1-15(2-6-17)25(33)30-21-13-19(9-11-23(21)32)38(35,36)20-10-12-24(37-29)22(14-20)31-26(34)16-3-7-18(28)8-4-16/h1-14,32H,27-29H2,(H,30,33)(H,31,34). The molecule has 4 rings (SSSR count). The maximum Gasteiger partial charge on any atom is 0.255 e. The van der Waals surface area contributed by atoms with Crippen LogP contribution >= 0.6 is 0 Å². The Bertz CT molecular complexity index is 1620. The highest BCUT2D eigenvalue weighted by Gasteiger charge is 2.22. The van der Waals surface area contributed by atoms with Crippen molar-refractivity contribution in [1.29, 1.82) is 0 Å². The van der Waals surface area contributed by atoms with Crippen LogP contribution in [0.15, 0.2) is 94.7 Å². The van der Waals surface area contributed by atoms with Gasteiger partial charge in [0.1, 0.15) is 5.75 Å². The van der Waals surface area contributed by atoms with Gasteiger partial charge in [-0.05, 0) is 84.9 Å². The number of rotatable bonds is 7. The van der Waals surface area contributed by atoms with Crippen molar-refractivity contribution in [3.63, 3.8) is 0 Å². The third kappa shape index (κ3) is 5.51. The van der Waals surface area contributed by atoms with Crippen molar-refractivity contribution in [2.24, 2.45) is 5.90 Å². The Morgan fingerprint density at radius 3 is 1.63 bits per heavy atom. The van der Waals surface area contributed by atoms with E-state index in [1.54, 1.807) is 12.1 Å². The molecule has 0 spiro atoms. The van der Waals surface area contributed by atoms with Crippen molar-refractivity contribution in [3.8, 4) is 11.5 Å². The van der Waals surface area contributed by atoms with Crippen LogP contribution in [0, 0.1) is 0 Å². The zero-order chi connectivity index (χ0) is 27.4. The first kappa shape index (κ1) is 26.0. The summed E-state index contributed by atoms with van der Waals surface area (Å²) < 4.78 is 26.9. The molecular weight excluding hydrogens is 510 g/mol. The number of hydrogen-bond acceptors (Lipinski definition) is 9. The number of carbonyl (C=O) groups is 2. The van der Waals surface area contributed by atoms with Gasteiger partial charge in [-0.3, -0.25) is 9.59 Å². The Kier molecular flexibility index (Phi) is 7.19. The van der Waals surface area contributed by atoms with Crippen LogP contribution in [0.3, 0.4) is 0 Å². The lowest BCUT2D eigenvalue weighted by atomic mass is 10.2. The Labute approximate surface area is 217 Å². The lowest BCUT2D eigenvalue weighted by Crippen LogP contribution is -2.15. The first-order valence-electron chi connectivity index (χ1n) is 11.0. The summed E-state index contributed by atoms with van der Waals surface area (Å²) in [5, 5.41) is 15.3. The van der Waals surface area contributed by atoms with Gasteiger partial charge in [-0.1, -0.05) is 0 Å². The predicted molar refractivity (Wildman–Crippen MR) is 142 cm³/mol. The molecule has 0 saturated heterocycles. The van der Waals surface area contributed by atoms with E-state index in [0.717, 1.165) is 12.1 Å². The molecule has 0 aliphatic rings. The topological polar surface area (TPSA) is 200 Å². The zero-order valence-corrected chi connectivity index (χ0v) is 20.5. The summed E-state index contributed by atoms with van der Waals surface area (Å²) >= 11 is 0. The van der Waals surface area contributed by atoms with Gasteiger partial charge in [0.15, 0.2) is 5.75 Å². The molecular formula is C26H23N5O6S. The van der Waals surface area contributed by atoms with Crippen LogP contribution in [-0.2, 0) is 9.84 Å². The Morgan fingerprint density at radius 2 is 1.13 bits per heavy atom. The van der Waals surface area contributed by atoms with Gasteiger partial charge >= 0.3 is 0 Å². The molecule has 0 fully saturated rings. The predicted octanol–water partition coefficient (Wildman–Crippen LogP) is 3.15. The molecule has 0 bridgehead atoms. The lowest BCUT2D eigenvalue weighted by molar-refractivity contribution is 0.101. The minimum absolute atomic E-state index is 0.00561. The van der Waals surface area contributed by atoms with Crippen molar-refractivity contribution in [2.45, 2.75) is 9.79 Å². The number of anilines is 4. The van der Waals surface area contributed by atoms with Gasteiger partial charge in [0.25, 0.3) is 11.8 Å². The van der Waals surface area contributed by atoms with Crippen LogP contribution < -0.4 is 32.8 Å². The second-order valence-corrected chi connectivity index (χ2v) is 10.1. The monoisotopic (exact) mass is 533 g/mol. The Morgan fingerprint density at radius 1 is 0.684 bits per heavy atom. The summed E-state index contributed by atoms with van der Waals surface area (Å²) in [5.41, 5.74) is 12.6. The molecule has 2 amide bonds. The summed E-state index contributed by atoms with van der Waals surface area (Å²) in [5.74, 6) is 3.87. The summed E-state index contributed by atoms with van der Waals surface area (Å²) in [4.78, 5) is 29.6. The fourth-order valence-corrected chi connectivity index (χ4v) is 4.77. The zero-order valence-electron chi connectivity index (χ0n) is 19.7. The number of aromatic hydroxyl groups is 1. The van der Waals surface area contributed by atoms with Gasteiger partial charge in [0.05, 0.1) is 21.2 Å². The number of phenolic OH excluding ortho intramolecular Hbond substituents is 1.